The number of piperidine rings is 1. The first kappa shape index (κ1) is 15.6. The highest BCUT2D eigenvalue weighted by Gasteiger charge is 2.31. The van der Waals surface area contributed by atoms with Crippen molar-refractivity contribution in [2.75, 3.05) is 6.54 Å². The molecule has 4 nitrogen and oxygen atoms in total. The molecule has 0 aliphatic carbocycles. The molecule has 3 rings (SSSR count). The van der Waals surface area contributed by atoms with E-state index >= 15 is 0 Å². The number of carbonyl (C=O) groups excluding carboxylic acids is 1. The van der Waals surface area contributed by atoms with Crippen LogP contribution in [-0.4, -0.2) is 34.4 Å². The maximum atomic E-state index is 13.0. The Balaban J connectivity index is 1.88. The minimum atomic E-state index is 0.00856. The van der Waals surface area contributed by atoms with Gasteiger partial charge in [0.1, 0.15) is 9.88 Å². The van der Waals surface area contributed by atoms with Gasteiger partial charge in [-0.05, 0) is 44.6 Å². The van der Waals surface area contributed by atoms with Gasteiger partial charge in [0.2, 0.25) is 0 Å². The first-order chi connectivity index (χ1) is 10.6. The summed E-state index contributed by atoms with van der Waals surface area (Å²) in [5, 5.41) is 2.97. The number of nitrogens with zero attached hydrogens (tertiary/aromatic N) is 2. The number of hydrogen-bond donors (Lipinski definition) is 1. The van der Waals surface area contributed by atoms with Gasteiger partial charge in [0.25, 0.3) is 5.91 Å². The summed E-state index contributed by atoms with van der Waals surface area (Å²) in [5.41, 5.74) is 6.92. The van der Waals surface area contributed by atoms with Gasteiger partial charge >= 0.3 is 0 Å². The summed E-state index contributed by atoms with van der Waals surface area (Å²) in [7, 11) is 0. The van der Waals surface area contributed by atoms with Gasteiger partial charge in [0, 0.05) is 18.6 Å². The van der Waals surface area contributed by atoms with Gasteiger partial charge in [-0.2, -0.15) is 0 Å². The molecule has 0 bridgehead atoms. The molecule has 3 heterocycles. The van der Waals surface area contributed by atoms with Gasteiger partial charge in [0.05, 0.1) is 10.6 Å². The van der Waals surface area contributed by atoms with Crippen LogP contribution in [0, 0.1) is 6.92 Å². The van der Waals surface area contributed by atoms with E-state index in [1.54, 1.807) is 11.3 Å². The lowest BCUT2D eigenvalue weighted by molar-refractivity contribution is 0.0588. The number of hydrogen-bond acceptors (Lipinski definition) is 5. The van der Waals surface area contributed by atoms with Crippen LogP contribution in [0.2, 0.25) is 0 Å². The Bertz CT molecular complexity index is 648. The van der Waals surface area contributed by atoms with Crippen LogP contribution < -0.4 is 5.73 Å². The van der Waals surface area contributed by atoms with E-state index in [1.165, 1.54) is 11.3 Å². The van der Waals surface area contributed by atoms with Crippen molar-refractivity contribution in [2.45, 2.75) is 45.2 Å². The van der Waals surface area contributed by atoms with E-state index in [0.29, 0.717) is 0 Å². The molecule has 2 unspecified atom stereocenters. The van der Waals surface area contributed by atoms with Crippen LogP contribution in [0.1, 0.15) is 41.6 Å². The molecule has 0 saturated carbocycles. The average Bonchev–Trinajstić information content (AvgIpc) is 3.15. The molecular weight excluding hydrogens is 314 g/mol. The third kappa shape index (κ3) is 2.95. The Morgan fingerprint density at radius 1 is 1.50 bits per heavy atom. The van der Waals surface area contributed by atoms with Gasteiger partial charge in [0.15, 0.2) is 0 Å². The monoisotopic (exact) mass is 335 g/mol. The molecule has 22 heavy (non-hydrogen) atoms. The van der Waals surface area contributed by atoms with Crippen molar-refractivity contribution in [2.24, 2.45) is 5.73 Å². The van der Waals surface area contributed by atoms with Crippen LogP contribution in [0.5, 0.6) is 0 Å². The fourth-order valence-electron chi connectivity index (χ4n) is 2.99. The normalized spacial score (nSPS) is 20.1. The molecule has 1 amide bonds. The number of thiophene rings is 1. The zero-order chi connectivity index (χ0) is 15.7. The van der Waals surface area contributed by atoms with Crippen LogP contribution >= 0.6 is 22.7 Å². The summed E-state index contributed by atoms with van der Waals surface area (Å²) in [6.45, 7) is 4.72. The topological polar surface area (TPSA) is 59.2 Å². The maximum Gasteiger partial charge on any atom is 0.266 e. The number of thiazole rings is 1. The number of carbonyl (C=O) groups is 1. The number of aromatic nitrogens is 1. The predicted molar refractivity (Wildman–Crippen MR) is 92.5 cm³/mol. The van der Waals surface area contributed by atoms with Gasteiger partial charge in [-0.25, -0.2) is 4.98 Å². The number of aryl methyl sites for hydroxylation is 1. The molecule has 2 N–H and O–H groups in total. The number of amides is 1. The second-order valence-electron chi connectivity index (χ2n) is 5.83. The van der Waals surface area contributed by atoms with Crippen LogP contribution in [0.3, 0.4) is 0 Å². The summed E-state index contributed by atoms with van der Waals surface area (Å²) in [6, 6.07) is 4.21. The summed E-state index contributed by atoms with van der Waals surface area (Å²) in [5.74, 6) is 0.0970. The first-order valence-electron chi connectivity index (χ1n) is 7.66. The van der Waals surface area contributed by atoms with Crippen molar-refractivity contribution in [1.29, 1.82) is 0 Å². The molecule has 0 spiro atoms. The van der Waals surface area contributed by atoms with E-state index < -0.39 is 0 Å². The highest BCUT2D eigenvalue weighted by molar-refractivity contribution is 7.22. The third-order valence-corrected chi connectivity index (χ3v) is 6.32. The quantitative estimate of drug-likeness (QED) is 0.933. The van der Waals surface area contributed by atoms with Gasteiger partial charge in [-0.1, -0.05) is 6.07 Å². The highest BCUT2D eigenvalue weighted by Crippen LogP contribution is 2.33. The van der Waals surface area contributed by atoms with Crippen molar-refractivity contribution in [3.8, 4) is 9.88 Å². The summed E-state index contributed by atoms with van der Waals surface area (Å²) >= 11 is 3.15. The SMILES string of the molecule is Cc1nc(-c2cccs2)sc1C(=O)N1CCCCC1C(C)N. The van der Waals surface area contributed by atoms with E-state index in [-0.39, 0.29) is 18.0 Å². The lowest BCUT2D eigenvalue weighted by Gasteiger charge is -2.37. The molecule has 1 fully saturated rings. The lowest BCUT2D eigenvalue weighted by Crippen LogP contribution is -2.51. The summed E-state index contributed by atoms with van der Waals surface area (Å²) in [6.07, 6.45) is 3.21. The minimum Gasteiger partial charge on any atom is -0.333 e. The average molecular weight is 335 g/mol. The molecule has 0 radical (unpaired) electrons. The van der Waals surface area contributed by atoms with Gasteiger partial charge in [-0.3, -0.25) is 4.79 Å². The molecule has 2 aromatic rings. The van der Waals surface area contributed by atoms with Crippen molar-refractivity contribution in [3.63, 3.8) is 0 Å². The number of likely N-dealkylation sites (tertiary alicyclic amines) is 1. The molecule has 2 aromatic heterocycles. The smallest absolute Gasteiger partial charge is 0.266 e. The highest BCUT2D eigenvalue weighted by atomic mass is 32.1. The van der Waals surface area contributed by atoms with E-state index in [0.717, 1.165) is 46.3 Å². The molecule has 1 aliphatic rings. The van der Waals surface area contributed by atoms with E-state index in [1.807, 2.05) is 36.3 Å². The summed E-state index contributed by atoms with van der Waals surface area (Å²) in [4.78, 5) is 21.4. The van der Waals surface area contributed by atoms with Crippen molar-refractivity contribution < 1.29 is 4.79 Å². The first-order valence-corrected chi connectivity index (χ1v) is 9.35. The van der Waals surface area contributed by atoms with E-state index in [4.69, 9.17) is 5.73 Å². The largest absolute Gasteiger partial charge is 0.333 e. The Morgan fingerprint density at radius 2 is 2.32 bits per heavy atom. The molecule has 1 saturated heterocycles. The van der Waals surface area contributed by atoms with Crippen molar-refractivity contribution in [3.05, 3.63) is 28.1 Å². The van der Waals surface area contributed by atoms with Crippen molar-refractivity contribution >= 4 is 28.6 Å². The zero-order valence-electron chi connectivity index (χ0n) is 12.9. The molecule has 0 aromatic carbocycles. The molecule has 1 aliphatic heterocycles. The summed E-state index contributed by atoms with van der Waals surface area (Å²) < 4.78 is 0. The van der Waals surface area contributed by atoms with Crippen LogP contribution in [-0.2, 0) is 0 Å². The Hall–Kier alpha value is -1.24. The number of nitrogens with two attached hydrogens (primary N) is 1. The Kier molecular flexibility index (Phi) is 4.61. The fourth-order valence-corrected chi connectivity index (χ4v) is 4.81. The molecule has 6 heteroatoms. The number of rotatable bonds is 3. The second kappa shape index (κ2) is 6.48. The van der Waals surface area contributed by atoms with Crippen molar-refractivity contribution in [1.82, 2.24) is 9.88 Å². The lowest BCUT2D eigenvalue weighted by atomic mass is 9.96. The maximum absolute atomic E-state index is 13.0. The molecule has 118 valence electrons. The predicted octanol–water partition coefficient (Wildman–Crippen LogP) is 3.52. The molecule has 2 atom stereocenters. The molecular formula is C16H21N3OS2. The van der Waals surface area contributed by atoms with Gasteiger partial charge in [-0.15, -0.1) is 22.7 Å². The second-order valence-corrected chi connectivity index (χ2v) is 7.78. The van der Waals surface area contributed by atoms with Crippen LogP contribution in [0.15, 0.2) is 17.5 Å². The Labute approximate surface area is 139 Å². The minimum absolute atomic E-state index is 0.00856. The third-order valence-electron chi connectivity index (χ3n) is 4.14. The van der Waals surface area contributed by atoms with E-state index in [9.17, 15) is 4.79 Å². The van der Waals surface area contributed by atoms with E-state index in [2.05, 4.69) is 4.98 Å². The standard InChI is InChI=1S/C16H21N3OS2/c1-10(17)12-6-3-4-8-19(12)16(20)14-11(2)18-15(22-14)13-7-5-9-21-13/h5,7,9-10,12H,3-4,6,8,17H2,1-2H3. The van der Waals surface area contributed by atoms with Crippen LogP contribution in [0.25, 0.3) is 9.88 Å². The van der Waals surface area contributed by atoms with Crippen LogP contribution in [0.4, 0.5) is 0 Å². The Morgan fingerprint density at radius 3 is 3.00 bits per heavy atom. The fraction of sp³-hybridized carbons (Fsp3) is 0.500. The van der Waals surface area contributed by atoms with Gasteiger partial charge < -0.3 is 10.6 Å². The zero-order valence-corrected chi connectivity index (χ0v) is 14.5.